The van der Waals surface area contributed by atoms with Crippen molar-refractivity contribution in [2.45, 2.75) is 32.2 Å². The Morgan fingerprint density at radius 2 is 2.11 bits per heavy atom. The van der Waals surface area contributed by atoms with E-state index in [-0.39, 0.29) is 5.75 Å². The minimum absolute atomic E-state index is 0.140. The molecule has 0 aliphatic carbocycles. The first-order valence-electron chi connectivity index (χ1n) is 9.64. The fraction of sp³-hybridized carbons (Fsp3) is 0.722. The second-order valence-corrected chi connectivity index (χ2v) is 10.1. The Labute approximate surface area is 167 Å². The maximum absolute atomic E-state index is 11.8. The van der Waals surface area contributed by atoms with Crippen LogP contribution >= 0.6 is 11.3 Å². The number of nitrogens with zero attached hydrogens (tertiary/aromatic N) is 3. The van der Waals surface area contributed by atoms with Gasteiger partial charge in [0.25, 0.3) is 0 Å². The maximum atomic E-state index is 11.8. The number of thiophene rings is 1. The van der Waals surface area contributed by atoms with E-state index in [1.165, 1.54) is 22.0 Å². The van der Waals surface area contributed by atoms with Gasteiger partial charge in [-0.25, -0.2) is 12.7 Å². The summed E-state index contributed by atoms with van der Waals surface area (Å²) in [4.78, 5) is 8.22. The molecule has 1 aromatic heterocycles. The van der Waals surface area contributed by atoms with Crippen LogP contribution in [0, 0.1) is 0 Å². The molecule has 0 amide bonds. The molecule has 0 aromatic carbocycles. The van der Waals surface area contributed by atoms with E-state index in [9.17, 15) is 8.42 Å². The van der Waals surface area contributed by atoms with Crippen molar-refractivity contribution in [1.29, 1.82) is 0 Å². The molecule has 0 saturated carbocycles. The van der Waals surface area contributed by atoms with Crippen LogP contribution in [0.25, 0.3) is 0 Å². The van der Waals surface area contributed by atoms with E-state index in [1.54, 1.807) is 32.4 Å². The topological polar surface area (TPSA) is 77.0 Å². The Morgan fingerprint density at radius 1 is 1.37 bits per heavy atom. The van der Waals surface area contributed by atoms with Gasteiger partial charge in [0.15, 0.2) is 5.96 Å². The van der Waals surface area contributed by atoms with Gasteiger partial charge in [-0.2, -0.15) is 0 Å². The van der Waals surface area contributed by atoms with Gasteiger partial charge in [0.2, 0.25) is 10.0 Å². The second-order valence-electron chi connectivity index (χ2n) is 6.73. The van der Waals surface area contributed by atoms with Gasteiger partial charge in [0.1, 0.15) is 0 Å². The first kappa shape index (κ1) is 22.1. The minimum Gasteiger partial charge on any atom is -0.356 e. The van der Waals surface area contributed by atoms with Crippen LogP contribution in [0.2, 0.25) is 0 Å². The Kier molecular flexibility index (Phi) is 9.01. The van der Waals surface area contributed by atoms with E-state index in [0.717, 1.165) is 32.0 Å². The SMILES string of the molecule is CCS(=O)(=O)N(C)CCCNC(=NC)NCC(c1cccs1)N1CCCC1. The van der Waals surface area contributed by atoms with E-state index in [2.05, 4.69) is 38.0 Å². The zero-order valence-corrected chi connectivity index (χ0v) is 18.3. The van der Waals surface area contributed by atoms with Crippen LogP contribution in [0.5, 0.6) is 0 Å². The predicted molar refractivity (Wildman–Crippen MR) is 114 cm³/mol. The summed E-state index contributed by atoms with van der Waals surface area (Å²) < 4.78 is 25.0. The van der Waals surface area contributed by atoms with E-state index in [1.807, 2.05) is 0 Å². The number of nitrogens with one attached hydrogen (secondary N) is 2. The average Bonchev–Trinajstić information content (AvgIpc) is 3.37. The third kappa shape index (κ3) is 6.74. The fourth-order valence-electron chi connectivity index (χ4n) is 3.23. The molecule has 2 heterocycles. The first-order chi connectivity index (χ1) is 13.0. The Hall–Kier alpha value is -1.16. The number of hydrogen-bond donors (Lipinski definition) is 2. The van der Waals surface area contributed by atoms with Crippen LogP contribution in [0.3, 0.4) is 0 Å². The van der Waals surface area contributed by atoms with Gasteiger partial charge in [0.05, 0.1) is 11.8 Å². The highest BCUT2D eigenvalue weighted by atomic mass is 32.2. The van der Waals surface area contributed by atoms with Crippen molar-refractivity contribution >= 4 is 27.3 Å². The molecule has 1 aromatic rings. The highest BCUT2D eigenvalue weighted by Crippen LogP contribution is 2.27. The van der Waals surface area contributed by atoms with E-state index in [4.69, 9.17) is 0 Å². The fourth-order valence-corrected chi connectivity index (χ4v) is 4.93. The largest absolute Gasteiger partial charge is 0.356 e. The molecule has 0 spiro atoms. The quantitative estimate of drug-likeness (QED) is 0.346. The van der Waals surface area contributed by atoms with Gasteiger partial charge >= 0.3 is 0 Å². The lowest BCUT2D eigenvalue weighted by Crippen LogP contribution is -2.43. The number of rotatable bonds is 10. The second kappa shape index (κ2) is 11.0. The summed E-state index contributed by atoms with van der Waals surface area (Å²) in [6, 6.07) is 4.68. The zero-order chi connectivity index (χ0) is 19.7. The summed E-state index contributed by atoms with van der Waals surface area (Å²) in [6.45, 7) is 5.95. The summed E-state index contributed by atoms with van der Waals surface area (Å²) in [7, 11) is 0.290. The van der Waals surface area contributed by atoms with Crippen molar-refractivity contribution in [3.8, 4) is 0 Å². The molecular formula is C18H33N5O2S2. The third-order valence-electron chi connectivity index (χ3n) is 4.92. The number of sulfonamides is 1. The lowest BCUT2D eigenvalue weighted by Gasteiger charge is -2.27. The van der Waals surface area contributed by atoms with Crippen LogP contribution in [0.15, 0.2) is 22.5 Å². The van der Waals surface area contributed by atoms with Crippen LogP contribution in [-0.2, 0) is 10.0 Å². The lowest BCUT2D eigenvalue weighted by molar-refractivity contribution is 0.249. The number of aliphatic imine (C=N–C) groups is 1. The van der Waals surface area contributed by atoms with Crippen molar-refractivity contribution in [3.63, 3.8) is 0 Å². The smallest absolute Gasteiger partial charge is 0.213 e. The number of guanidine groups is 1. The molecule has 1 aliphatic heterocycles. The minimum atomic E-state index is -3.11. The van der Waals surface area contributed by atoms with Gasteiger partial charge < -0.3 is 10.6 Å². The lowest BCUT2D eigenvalue weighted by atomic mass is 10.2. The summed E-state index contributed by atoms with van der Waals surface area (Å²) in [5.41, 5.74) is 0. The first-order valence-corrected chi connectivity index (χ1v) is 12.1. The van der Waals surface area contributed by atoms with Crippen LogP contribution < -0.4 is 10.6 Å². The predicted octanol–water partition coefficient (Wildman–Crippen LogP) is 1.72. The number of likely N-dealkylation sites (tertiary alicyclic amines) is 1. The molecule has 154 valence electrons. The molecule has 1 unspecified atom stereocenters. The van der Waals surface area contributed by atoms with Crippen LogP contribution in [0.4, 0.5) is 0 Å². The molecule has 1 atom stereocenters. The van der Waals surface area contributed by atoms with Gasteiger partial charge in [0, 0.05) is 38.6 Å². The molecule has 27 heavy (non-hydrogen) atoms. The van der Waals surface area contributed by atoms with Crippen molar-refractivity contribution in [1.82, 2.24) is 19.8 Å². The summed E-state index contributed by atoms with van der Waals surface area (Å²) in [5, 5.41) is 8.86. The van der Waals surface area contributed by atoms with Crippen LogP contribution in [-0.4, -0.2) is 76.2 Å². The summed E-state index contributed by atoms with van der Waals surface area (Å²) in [6.07, 6.45) is 3.27. The molecule has 2 rings (SSSR count). The Bertz CT molecular complexity index is 670. The Morgan fingerprint density at radius 3 is 2.70 bits per heavy atom. The Balaban J connectivity index is 1.78. The monoisotopic (exact) mass is 415 g/mol. The summed E-state index contributed by atoms with van der Waals surface area (Å²) >= 11 is 1.80. The third-order valence-corrected chi connectivity index (χ3v) is 7.76. The van der Waals surface area contributed by atoms with Gasteiger partial charge in [-0.15, -0.1) is 11.3 Å². The van der Waals surface area contributed by atoms with Crippen molar-refractivity contribution < 1.29 is 8.42 Å². The van der Waals surface area contributed by atoms with Gasteiger partial charge in [-0.05, 0) is 50.7 Å². The van der Waals surface area contributed by atoms with E-state index < -0.39 is 10.0 Å². The molecule has 1 saturated heterocycles. The van der Waals surface area contributed by atoms with Gasteiger partial charge in [-0.3, -0.25) is 9.89 Å². The van der Waals surface area contributed by atoms with Crippen molar-refractivity contribution in [3.05, 3.63) is 22.4 Å². The zero-order valence-electron chi connectivity index (χ0n) is 16.6. The molecule has 2 N–H and O–H groups in total. The highest BCUT2D eigenvalue weighted by Gasteiger charge is 2.24. The van der Waals surface area contributed by atoms with Gasteiger partial charge in [-0.1, -0.05) is 6.07 Å². The molecular weight excluding hydrogens is 382 g/mol. The molecule has 1 aliphatic rings. The normalized spacial score (nSPS) is 17.4. The summed E-state index contributed by atoms with van der Waals surface area (Å²) in [5.74, 6) is 0.901. The maximum Gasteiger partial charge on any atom is 0.213 e. The van der Waals surface area contributed by atoms with Crippen LogP contribution in [0.1, 0.15) is 37.1 Å². The highest BCUT2D eigenvalue weighted by molar-refractivity contribution is 7.89. The standard InChI is InChI=1S/C18H33N5O2S2/c1-4-27(24,25)22(3)11-8-10-20-18(19-2)21-15-16(17-9-7-14-26-17)23-12-5-6-13-23/h7,9,14,16H,4-6,8,10-13,15H2,1-3H3,(H2,19,20,21). The molecule has 7 nitrogen and oxygen atoms in total. The molecule has 9 heteroatoms. The number of hydrogen-bond acceptors (Lipinski definition) is 5. The molecule has 0 bridgehead atoms. The van der Waals surface area contributed by atoms with Crippen molar-refractivity contribution in [2.75, 3.05) is 52.6 Å². The van der Waals surface area contributed by atoms with Crippen molar-refractivity contribution in [2.24, 2.45) is 4.99 Å². The molecule has 1 fully saturated rings. The van der Waals surface area contributed by atoms with E-state index in [0.29, 0.717) is 19.1 Å². The van der Waals surface area contributed by atoms with E-state index >= 15 is 0 Å². The molecule has 0 radical (unpaired) electrons. The average molecular weight is 416 g/mol.